The molecule has 1 aliphatic rings. The predicted octanol–water partition coefficient (Wildman–Crippen LogP) is 3.37. The van der Waals surface area contributed by atoms with Gasteiger partial charge in [0.1, 0.15) is 12.6 Å². The lowest BCUT2D eigenvalue weighted by molar-refractivity contribution is -0.125. The van der Waals surface area contributed by atoms with E-state index in [1.54, 1.807) is 29.5 Å². The van der Waals surface area contributed by atoms with Gasteiger partial charge in [-0.25, -0.2) is 8.78 Å². The predicted molar refractivity (Wildman–Crippen MR) is 131 cm³/mol. The maximum Gasteiger partial charge on any atom is 0.265 e. The summed E-state index contributed by atoms with van der Waals surface area (Å²) in [5.74, 6) is -0.893. The van der Waals surface area contributed by atoms with Gasteiger partial charge in [-0.15, -0.1) is 11.3 Å². The van der Waals surface area contributed by atoms with Crippen LogP contribution in [0.25, 0.3) is 0 Å². The van der Waals surface area contributed by atoms with Gasteiger partial charge in [0.25, 0.3) is 18.2 Å². The second-order valence-corrected chi connectivity index (χ2v) is 9.64. The molecular formula is C24H30F2N4O4S. The summed E-state index contributed by atoms with van der Waals surface area (Å²) in [6.45, 7) is 5.04. The smallest absolute Gasteiger partial charge is 0.265 e. The number of alkyl halides is 2. The van der Waals surface area contributed by atoms with Crippen molar-refractivity contribution in [3.63, 3.8) is 0 Å². The maximum atomic E-state index is 13.9. The number of amides is 3. The summed E-state index contributed by atoms with van der Waals surface area (Å²) in [5.41, 5.74) is -0.103. The largest absolute Gasteiger partial charge is 0.370 e. The van der Waals surface area contributed by atoms with Crippen molar-refractivity contribution in [2.45, 2.75) is 26.3 Å². The molecule has 1 fully saturated rings. The number of hydrogen-bond donors (Lipinski definition) is 2. The Morgan fingerprint density at radius 3 is 2.66 bits per heavy atom. The van der Waals surface area contributed by atoms with Crippen LogP contribution in [0.1, 0.15) is 35.5 Å². The molecule has 0 bridgehead atoms. The number of carbonyl (C=O) groups excluding carboxylic acids is 3. The molecule has 1 aliphatic heterocycles. The van der Waals surface area contributed by atoms with Crippen LogP contribution < -0.4 is 15.5 Å². The molecule has 3 amide bonds. The highest BCUT2D eigenvalue weighted by molar-refractivity contribution is 7.12. The number of hydrogen-bond acceptors (Lipinski definition) is 6. The third-order valence-corrected chi connectivity index (χ3v) is 6.38. The van der Waals surface area contributed by atoms with Crippen molar-refractivity contribution in [3.05, 3.63) is 46.2 Å². The fraction of sp³-hybridized carbons (Fsp3) is 0.458. The lowest BCUT2D eigenvalue weighted by Crippen LogP contribution is -2.50. The lowest BCUT2D eigenvalue weighted by atomic mass is 10.1. The SMILES string of the molecule is CC(C)CN(C)[C@H](CNC(=O)c1cccs1)C(=O)Nc1ccc(N2CCOCC2=O)cc1C(F)F. The van der Waals surface area contributed by atoms with E-state index in [2.05, 4.69) is 10.6 Å². The second-order valence-electron chi connectivity index (χ2n) is 8.70. The Balaban J connectivity index is 1.79. The van der Waals surface area contributed by atoms with Gasteiger partial charge in [-0.1, -0.05) is 19.9 Å². The topological polar surface area (TPSA) is 91.0 Å². The van der Waals surface area contributed by atoms with Gasteiger partial charge < -0.3 is 20.3 Å². The normalized spacial score (nSPS) is 15.1. The quantitative estimate of drug-likeness (QED) is 0.514. The number of anilines is 2. The molecule has 0 spiro atoms. The number of rotatable bonds is 10. The van der Waals surface area contributed by atoms with Gasteiger partial charge in [-0.2, -0.15) is 0 Å². The van der Waals surface area contributed by atoms with Crippen LogP contribution in [0.2, 0.25) is 0 Å². The number of nitrogens with zero attached hydrogens (tertiary/aromatic N) is 2. The molecule has 8 nitrogen and oxygen atoms in total. The van der Waals surface area contributed by atoms with E-state index in [1.807, 2.05) is 13.8 Å². The van der Waals surface area contributed by atoms with E-state index in [-0.39, 0.29) is 48.7 Å². The molecule has 35 heavy (non-hydrogen) atoms. The zero-order valence-electron chi connectivity index (χ0n) is 19.9. The van der Waals surface area contributed by atoms with E-state index in [1.165, 1.54) is 34.4 Å². The van der Waals surface area contributed by atoms with Crippen molar-refractivity contribution in [1.29, 1.82) is 0 Å². The van der Waals surface area contributed by atoms with Crippen LogP contribution in [0.3, 0.4) is 0 Å². The first-order valence-corrected chi connectivity index (χ1v) is 12.2. The van der Waals surface area contributed by atoms with E-state index in [9.17, 15) is 23.2 Å². The molecular weight excluding hydrogens is 478 g/mol. The van der Waals surface area contributed by atoms with E-state index >= 15 is 0 Å². The average molecular weight is 509 g/mol. The average Bonchev–Trinajstić information content (AvgIpc) is 3.34. The molecule has 2 aromatic rings. The summed E-state index contributed by atoms with van der Waals surface area (Å²) in [6.07, 6.45) is -2.87. The summed E-state index contributed by atoms with van der Waals surface area (Å²) >= 11 is 1.29. The molecule has 190 valence electrons. The fourth-order valence-corrected chi connectivity index (χ4v) is 4.50. The molecule has 0 saturated carbocycles. The van der Waals surface area contributed by atoms with Crippen LogP contribution in [0.5, 0.6) is 0 Å². The Labute approximate surface area is 207 Å². The van der Waals surface area contributed by atoms with Crippen LogP contribution in [-0.4, -0.2) is 68.6 Å². The van der Waals surface area contributed by atoms with Crippen molar-refractivity contribution in [3.8, 4) is 0 Å². The van der Waals surface area contributed by atoms with Crippen LogP contribution in [-0.2, 0) is 14.3 Å². The Morgan fingerprint density at radius 2 is 2.03 bits per heavy atom. The zero-order chi connectivity index (χ0) is 25.5. The maximum absolute atomic E-state index is 13.9. The number of nitrogens with one attached hydrogen (secondary N) is 2. The molecule has 2 N–H and O–H groups in total. The van der Waals surface area contributed by atoms with Crippen molar-refractivity contribution < 1.29 is 27.9 Å². The van der Waals surface area contributed by atoms with Crippen LogP contribution in [0, 0.1) is 5.92 Å². The molecule has 0 aliphatic carbocycles. The number of likely N-dealkylation sites (N-methyl/N-ethyl adjacent to an activating group) is 1. The monoisotopic (exact) mass is 508 g/mol. The first-order valence-electron chi connectivity index (χ1n) is 11.3. The molecule has 11 heteroatoms. The number of ether oxygens (including phenoxy) is 1. The standard InChI is InChI=1S/C24H30F2N4O4S/c1-15(2)13-29(3)19(12-27-24(33)20-5-4-10-35-20)23(32)28-18-7-6-16(11-17(18)22(25)26)30-8-9-34-14-21(30)31/h4-7,10-11,15,19,22H,8-9,12-14H2,1-3H3,(H,27,33)(H,28,32)/t19-/m1/s1. The fourth-order valence-electron chi connectivity index (χ4n) is 3.86. The van der Waals surface area contributed by atoms with Gasteiger partial charge in [0, 0.05) is 36.6 Å². The van der Waals surface area contributed by atoms with Gasteiger partial charge >= 0.3 is 0 Å². The van der Waals surface area contributed by atoms with Crippen molar-refractivity contribution in [1.82, 2.24) is 10.2 Å². The van der Waals surface area contributed by atoms with Crippen molar-refractivity contribution >= 4 is 40.4 Å². The minimum Gasteiger partial charge on any atom is -0.370 e. The molecule has 0 unspecified atom stereocenters. The summed E-state index contributed by atoms with van der Waals surface area (Å²) in [5, 5.41) is 7.16. The van der Waals surface area contributed by atoms with Gasteiger partial charge in [0.15, 0.2) is 0 Å². The van der Waals surface area contributed by atoms with E-state index < -0.39 is 18.4 Å². The van der Waals surface area contributed by atoms with Crippen LogP contribution in [0.4, 0.5) is 20.2 Å². The molecule has 2 heterocycles. The molecule has 0 radical (unpaired) electrons. The molecule has 1 atom stereocenters. The summed E-state index contributed by atoms with van der Waals surface area (Å²) in [6, 6.07) is 6.77. The van der Waals surface area contributed by atoms with E-state index in [0.717, 1.165) is 0 Å². The Morgan fingerprint density at radius 1 is 1.26 bits per heavy atom. The molecule has 3 rings (SSSR count). The highest BCUT2D eigenvalue weighted by Gasteiger charge is 2.28. The third-order valence-electron chi connectivity index (χ3n) is 5.51. The number of benzene rings is 1. The van der Waals surface area contributed by atoms with Gasteiger partial charge in [0.2, 0.25) is 5.91 Å². The summed E-state index contributed by atoms with van der Waals surface area (Å²) in [7, 11) is 1.75. The number of halogens is 2. The first-order chi connectivity index (χ1) is 16.7. The molecule has 1 aromatic carbocycles. The number of thiophene rings is 1. The highest BCUT2D eigenvalue weighted by atomic mass is 32.1. The van der Waals surface area contributed by atoms with Gasteiger partial charge in [-0.3, -0.25) is 19.3 Å². The zero-order valence-corrected chi connectivity index (χ0v) is 20.7. The van der Waals surface area contributed by atoms with E-state index in [0.29, 0.717) is 23.7 Å². The van der Waals surface area contributed by atoms with Crippen LogP contribution >= 0.6 is 11.3 Å². The first kappa shape index (κ1) is 26.7. The highest BCUT2D eigenvalue weighted by Crippen LogP contribution is 2.32. The minimum atomic E-state index is -2.87. The van der Waals surface area contributed by atoms with E-state index in [4.69, 9.17) is 4.74 Å². The van der Waals surface area contributed by atoms with Crippen LogP contribution in [0.15, 0.2) is 35.7 Å². The Kier molecular flexibility index (Phi) is 9.30. The lowest BCUT2D eigenvalue weighted by Gasteiger charge is -2.29. The molecule has 1 saturated heterocycles. The summed E-state index contributed by atoms with van der Waals surface area (Å²) in [4.78, 5) is 41.4. The van der Waals surface area contributed by atoms with Gasteiger partial charge in [-0.05, 0) is 42.6 Å². The molecule has 1 aromatic heterocycles. The number of carbonyl (C=O) groups is 3. The minimum absolute atomic E-state index is 0.0101. The Bertz CT molecular complexity index is 1030. The summed E-state index contributed by atoms with van der Waals surface area (Å²) < 4.78 is 32.9. The number of morpholine rings is 1. The van der Waals surface area contributed by atoms with Gasteiger partial charge in [0.05, 0.1) is 11.5 Å². The van der Waals surface area contributed by atoms with Crippen molar-refractivity contribution in [2.24, 2.45) is 5.92 Å². The second kappa shape index (κ2) is 12.2. The van der Waals surface area contributed by atoms with Crippen molar-refractivity contribution in [2.75, 3.05) is 50.1 Å². The third kappa shape index (κ3) is 7.06. The Hall–Kier alpha value is -2.89.